The van der Waals surface area contributed by atoms with Crippen LogP contribution in [0.25, 0.3) is 11.1 Å². The predicted octanol–water partition coefficient (Wildman–Crippen LogP) is 2.92. The molecule has 0 amide bonds. The summed E-state index contributed by atoms with van der Waals surface area (Å²) in [7, 11) is 0. The Morgan fingerprint density at radius 1 is 1.32 bits per heavy atom. The van der Waals surface area contributed by atoms with Crippen molar-refractivity contribution in [3.8, 4) is 17.2 Å². The van der Waals surface area contributed by atoms with E-state index >= 15 is 0 Å². The zero-order valence-corrected chi connectivity index (χ0v) is 13.4. The third kappa shape index (κ3) is 3.53. The van der Waals surface area contributed by atoms with Crippen LogP contribution >= 0.6 is 0 Å². The molecule has 1 N–H and O–H groups in total. The number of aryl methyl sites for hydroxylation is 1. The molecule has 2 heterocycles. The fraction of sp³-hybridized carbons (Fsp3) is 0.167. The van der Waals surface area contributed by atoms with Crippen molar-refractivity contribution < 1.29 is 14.3 Å². The molecule has 2 aromatic heterocycles. The van der Waals surface area contributed by atoms with Gasteiger partial charge in [-0.2, -0.15) is 5.26 Å². The van der Waals surface area contributed by atoms with Crippen molar-refractivity contribution in [2.45, 2.75) is 19.3 Å². The first-order valence-corrected chi connectivity index (χ1v) is 7.54. The summed E-state index contributed by atoms with van der Waals surface area (Å²) < 4.78 is 5.43. The number of rotatable bonds is 5. The largest absolute Gasteiger partial charge is 0.481 e. The zero-order chi connectivity index (χ0) is 17.8. The molecular formula is C18H14N4O3. The Bertz CT molecular complexity index is 959. The quantitative estimate of drug-likeness (QED) is 0.763. The first-order valence-electron chi connectivity index (χ1n) is 7.54. The van der Waals surface area contributed by atoms with Gasteiger partial charge >= 0.3 is 5.97 Å². The average molecular weight is 334 g/mol. The molecule has 124 valence electrons. The SMILES string of the molecule is Cc1nnc(C(CC(=O)O)c2cncc(-c3ccccc3C#N)c2)o1. The molecule has 25 heavy (non-hydrogen) atoms. The second kappa shape index (κ2) is 6.93. The maximum Gasteiger partial charge on any atom is 0.304 e. The van der Waals surface area contributed by atoms with Crippen LogP contribution < -0.4 is 0 Å². The van der Waals surface area contributed by atoms with E-state index in [9.17, 15) is 15.2 Å². The maximum atomic E-state index is 11.3. The van der Waals surface area contributed by atoms with Gasteiger partial charge in [0.1, 0.15) is 0 Å². The molecular weight excluding hydrogens is 320 g/mol. The number of nitriles is 1. The number of aromatic nitrogens is 3. The highest BCUT2D eigenvalue weighted by molar-refractivity contribution is 5.71. The molecule has 0 saturated carbocycles. The molecule has 1 unspecified atom stereocenters. The van der Waals surface area contributed by atoms with Crippen molar-refractivity contribution in [3.05, 3.63) is 65.6 Å². The van der Waals surface area contributed by atoms with E-state index in [1.807, 2.05) is 12.1 Å². The molecule has 0 saturated heterocycles. The van der Waals surface area contributed by atoms with Crippen LogP contribution in [0, 0.1) is 18.3 Å². The van der Waals surface area contributed by atoms with Crippen molar-refractivity contribution in [3.63, 3.8) is 0 Å². The lowest BCUT2D eigenvalue weighted by Crippen LogP contribution is -2.09. The van der Waals surface area contributed by atoms with Gasteiger partial charge in [-0.05, 0) is 17.7 Å². The van der Waals surface area contributed by atoms with Gasteiger partial charge in [0.05, 0.1) is 24.0 Å². The van der Waals surface area contributed by atoms with E-state index in [4.69, 9.17) is 4.42 Å². The van der Waals surface area contributed by atoms with Gasteiger partial charge in [-0.1, -0.05) is 18.2 Å². The smallest absolute Gasteiger partial charge is 0.304 e. The standard InChI is InChI=1S/C18H14N4O3/c1-11-21-22-18(25-11)16(7-17(23)24)14-6-13(9-20-10-14)15-5-3-2-4-12(15)8-19/h2-6,9-10,16H,7H2,1H3,(H,23,24). The second-order valence-corrected chi connectivity index (χ2v) is 5.47. The van der Waals surface area contributed by atoms with Gasteiger partial charge in [-0.15, -0.1) is 10.2 Å². The number of hydrogen-bond donors (Lipinski definition) is 1. The van der Waals surface area contributed by atoms with E-state index in [0.717, 1.165) is 11.1 Å². The van der Waals surface area contributed by atoms with Gasteiger partial charge in [0.2, 0.25) is 11.8 Å². The molecule has 1 aromatic carbocycles. The molecule has 0 aliphatic rings. The average Bonchev–Trinajstić information content (AvgIpc) is 3.05. The maximum absolute atomic E-state index is 11.3. The van der Waals surface area contributed by atoms with Crippen LogP contribution in [-0.2, 0) is 4.79 Å². The summed E-state index contributed by atoms with van der Waals surface area (Å²) in [5, 5.41) is 26.2. The lowest BCUT2D eigenvalue weighted by Gasteiger charge is -2.12. The zero-order valence-electron chi connectivity index (χ0n) is 13.4. The summed E-state index contributed by atoms with van der Waals surface area (Å²) in [6.45, 7) is 1.65. The van der Waals surface area contributed by atoms with Gasteiger partial charge in [0.15, 0.2) is 0 Å². The number of nitrogens with zero attached hydrogens (tertiary/aromatic N) is 4. The van der Waals surface area contributed by atoms with E-state index in [2.05, 4.69) is 21.3 Å². The number of pyridine rings is 1. The van der Waals surface area contributed by atoms with E-state index in [1.54, 1.807) is 37.5 Å². The minimum Gasteiger partial charge on any atom is -0.481 e. The van der Waals surface area contributed by atoms with Gasteiger partial charge in [0, 0.05) is 30.4 Å². The Morgan fingerprint density at radius 2 is 2.12 bits per heavy atom. The topological polar surface area (TPSA) is 113 Å². The van der Waals surface area contributed by atoms with Gasteiger partial charge in [-0.25, -0.2) is 0 Å². The van der Waals surface area contributed by atoms with Crippen LogP contribution in [0.1, 0.15) is 35.2 Å². The Balaban J connectivity index is 2.06. The van der Waals surface area contributed by atoms with Crippen molar-refractivity contribution in [2.24, 2.45) is 0 Å². The molecule has 3 aromatic rings. The number of carboxylic acids is 1. The first kappa shape index (κ1) is 16.3. The molecule has 0 spiro atoms. The van der Waals surface area contributed by atoms with Crippen LogP contribution in [0.2, 0.25) is 0 Å². The van der Waals surface area contributed by atoms with E-state index < -0.39 is 11.9 Å². The number of benzene rings is 1. The number of hydrogen-bond acceptors (Lipinski definition) is 6. The molecule has 0 bridgehead atoms. The second-order valence-electron chi connectivity index (χ2n) is 5.47. The Labute approximate surface area is 143 Å². The molecule has 0 fully saturated rings. The van der Waals surface area contributed by atoms with Crippen LogP contribution in [0.4, 0.5) is 0 Å². The summed E-state index contributed by atoms with van der Waals surface area (Å²) in [6.07, 6.45) is 3.01. The minimum absolute atomic E-state index is 0.202. The highest BCUT2D eigenvalue weighted by Gasteiger charge is 2.24. The Kier molecular flexibility index (Phi) is 4.53. The van der Waals surface area contributed by atoms with Gasteiger partial charge in [-0.3, -0.25) is 9.78 Å². The van der Waals surface area contributed by atoms with Crippen LogP contribution in [-0.4, -0.2) is 26.3 Å². The highest BCUT2D eigenvalue weighted by atomic mass is 16.4. The molecule has 7 heteroatoms. The van der Waals surface area contributed by atoms with Gasteiger partial charge in [0.25, 0.3) is 0 Å². The van der Waals surface area contributed by atoms with E-state index in [0.29, 0.717) is 17.0 Å². The van der Waals surface area contributed by atoms with Crippen molar-refractivity contribution in [1.29, 1.82) is 5.26 Å². The third-order valence-corrected chi connectivity index (χ3v) is 3.74. The summed E-state index contributed by atoms with van der Waals surface area (Å²) in [5.74, 6) is -0.999. The van der Waals surface area contributed by atoms with Crippen molar-refractivity contribution in [2.75, 3.05) is 0 Å². The molecule has 1 atom stereocenters. The lowest BCUT2D eigenvalue weighted by molar-refractivity contribution is -0.137. The highest BCUT2D eigenvalue weighted by Crippen LogP contribution is 2.30. The number of carbonyl (C=O) groups is 1. The molecule has 3 rings (SSSR count). The van der Waals surface area contributed by atoms with Crippen molar-refractivity contribution in [1.82, 2.24) is 15.2 Å². The summed E-state index contributed by atoms with van der Waals surface area (Å²) in [6, 6.07) is 11.1. The Hall–Kier alpha value is -3.53. The molecule has 7 nitrogen and oxygen atoms in total. The van der Waals surface area contributed by atoms with Gasteiger partial charge < -0.3 is 9.52 Å². The Morgan fingerprint density at radius 3 is 2.80 bits per heavy atom. The molecule has 0 aliphatic carbocycles. The van der Waals surface area contributed by atoms with Crippen LogP contribution in [0.3, 0.4) is 0 Å². The fourth-order valence-corrected chi connectivity index (χ4v) is 2.60. The molecule has 0 radical (unpaired) electrons. The number of carboxylic acid groups (broad SMARTS) is 1. The lowest BCUT2D eigenvalue weighted by atomic mass is 9.93. The van der Waals surface area contributed by atoms with Crippen LogP contribution in [0.5, 0.6) is 0 Å². The third-order valence-electron chi connectivity index (χ3n) is 3.74. The molecule has 0 aliphatic heterocycles. The summed E-state index contributed by atoms with van der Waals surface area (Å²) >= 11 is 0. The van der Waals surface area contributed by atoms with Crippen molar-refractivity contribution >= 4 is 5.97 Å². The van der Waals surface area contributed by atoms with Crippen LogP contribution in [0.15, 0.2) is 47.1 Å². The summed E-state index contributed by atoms with van der Waals surface area (Å²) in [4.78, 5) is 15.5. The summed E-state index contributed by atoms with van der Waals surface area (Å²) in [5.41, 5.74) is 2.61. The number of aliphatic carboxylic acids is 1. The monoisotopic (exact) mass is 334 g/mol. The van der Waals surface area contributed by atoms with E-state index in [-0.39, 0.29) is 12.3 Å². The normalized spacial score (nSPS) is 11.7. The first-order chi connectivity index (χ1) is 12.1. The fourth-order valence-electron chi connectivity index (χ4n) is 2.60. The minimum atomic E-state index is -0.983. The predicted molar refractivity (Wildman–Crippen MR) is 87.5 cm³/mol. The van der Waals surface area contributed by atoms with E-state index in [1.165, 1.54) is 0 Å².